The predicted molar refractivity (Wildman–Crippen MR) is 117 cm³/mol. The lowest BCUT2D eigenvalue weighted by Gasteiger charge is -2.09. The molecular weight excluding hydrogens is 427 g/mol. The van der Waals surface area contributed by atoms with Crippen LogP contribution in [0.2, 0.25) is 5.02 Å². The first-order valence-electron chi connectivity index (χ1n) is 9.16. The minimum atomic E-state index is -3.69. The van der Waals surface area contributed by atoms with Gasteiger partial charge in [0.25, 0.3) is 10.0 Å². The molecule has 0 fully saturated rings. The predicted octanol–water partition coefficient (Wildman–Crippen LogP) is 5.16. The molecule has 0 aliphatic heterocycles. The lowest BCUT2D eigenvalue weighted by molar-refractivity contribution is -0.116. The molecule has 0 unspecified atom stereocenters. The van der Waals surface area contributed by atoms with Crippen molar-refractivity contribution in [3.8, 4) is 0 Å². The van der Waals surface area contributed by atoms with Crippen LogP contribution < -0.4 is 10.0 Å². The maximum atomic E-state index is 13.2. The van der Waals surface area contributed by atoms with E-state index >= 15 is 0 Å². The molecule has 8 heteroatoms. The summed E-state index contributed by atoms with van der Waals surface area (Å²) in [6, 6.07) is 17.4. The molecule has 1 amide bonds. The van der Waals surface area contributed by atoms with Gasteiger partial charge in [-0.15, -0.1) is 0 Å². The molecule has 0 heterocycles. The van der Waals surface area contributed by atoms with E-state index in [-0.39, 0.29) is 22.2 Å². The van der Waals surface area contributed by atoms with Gasteiger partial charge in [0.15, 0.2) is 0 Å². The zero-order valence-electron chi connectivity index (χ0n) is 16.2. The van der Waals surface area contributed by atoms with Crippen LogP contribution in [0.1, 0.15) is 17.5 Å². The van der Waals surface area contributed by atoms with Crippen molar-refractivity contribution in [2.75, 3.05) is 10.0 Å². The van der Waals surface area contributed by atoms with Gasteiger partial charge in [-0.2, -0.15) is 0 Å². The first-order chi connectivity index (χ1) is 14.2. The van der Waals surface area contributed by atoms with Gasteiger partial charge in [0.05, 0.1) is 9.92 Å². The fourth-order valence-corrected chi connectivity index (χ4v) is 3.97. The molecule has 0 saturated heterocycles. The molecule has 0 spiro atoms. The summed E-state index contributed by atoms with van der Waals surface area (Å²) in [5, 5.41) is 2.59. The number of amides is 1. The van der Waals surface area contributed by atoms with E-state index in [2.05, 4.69) is 10.0 Å². The van der Waals surface area contributed by atoms with E-state index in [1.807, 2.05) is 19.1 Å². The maximum Gasteiger partial charge on any atom is 0.261 e. The van der Waals surface area contributed by atoms with Crippen LogP contribution >= 0.6 is 11.6 Å². The van der Waals surface area contributed by atoms with Crippen LogP contribution in [0.25, 0.3) is 0 Å². The molecular formula is C22H20ClFN2O3S. The number of halogens is 2. The van der Waals surface area contributed by atoms with E-state index in [1.54, 1.807) is 24.3 Å². The molecule has 3 aromatic rings. The fourth-order valence-electron chi connectivity index (χ4n) is 2.73. The number of anilines is 2. The Bertz CT molecular complexity index is 1150. The molecule has 0 bridgehead atoms. The smallest absolute Gasteiger partial charge is 0.261 e. The average Bonchev–Trinajstić information content (AvgIpc) is 2.71. The van der Waals surface area contributed by atoms with E-state index < -0.39 is 15.8 Å². The van der Waals surface area contributed by atoms with Crippen molar-refractivity contribution in [2.24, 2.45) is 0 Å². The highest BCUT2D eigenvalue weighted by Gasteiger charge is 2.14. The standard InChI is InChI=1S/C22H20ClFN2O3S/c1-15-2-7-17(8-3-15)26-30(28,29)19-10-4-16(5-11-19)6-13-22(27)25-18-9-12-21(24)20(23)14-18/h2-5,7-12,14,26H,6,13H2,1H3,(H,25,27). The van der Waals surface area contributed by atoms with Crippen molar-refractivity contribution in [2.45, 2.75) is 24.7 Å². The Morgan fingerprint density at radius 2 is 1.60 bits per heavy atom. The van der Waals surface area contributed by atoms with Crippen molar-refractivity contribution in [1.29, 1.82) is 0 Å². The third kappa shape index (κ3) is 5.81. The average molecular weight is 447 g/mol. The summed E-state index contributed by atoms with van der Waals surface area (Å²) in [5.74, 6) is -0.808. The van der Waals surface area contributed by atoms with Crippen LogP contribution in [0.3, 0.4) is 0 Å². The van der Waals surface area contributed by atoms with Crippen LogP contribution in [0.4, 0.5) is 15.8 Å². The van der Waals surface area contributed by atoms with Gasteiger partial charge in [-0.1, -0.05) is 41.4 Å². The van der Waals surface area contributed by atoms with E-state index in [0.29, 0.717) is 17.8 Å². The molecule has 0 atom stereocenters. The van der Waals surface area contributed by atoms with Gasteiger partial charge in [0, 0.05) is 17.8 Å². The summed E-state index contributed by atoms with van der Waals surface area (Å²) in [6.07, 6.45) is 0.606. The largest absolute Gasteiger partial charge is 0.326 e. The van der Waals surface area contributed by atoms with Gasteiger partial charge in [-0.25, -0.2) is 12.8 Å². The molecule has 0 radical (unpaired) electrons. The van der Waals surface area contributed by atoms with Gasteiger partial charge < -0.3 is 5.32 Å². The van der Waals surface area contributed by atoms with Crippen LogP contribution in [0.15, 0.2) is 71.6 Å². The van der Waals surface area contributed by atoms with Crippen molar-refractivity contribution in [3.05, 3.63) is 88.7 Å². The number of carbonyl (C=O) groups excluding carboxylic acids is 1. The Balaban J connectivity index is 1.57. The molecule has 0 aromatic heterocycles. The monoisotopic (exact) mass is 446 g/mol. The summed E-state index contributed by atoms with van der Waals surface area (Å²) >= 11 is 5.70. The van der Waals surface area contributed by atoms with Gasteiger partial charge in [0.2, 0.25) is 5.91 Å². The highest BCUT2D eigenvalue weighted by atomic mass is 35.5. The summed E-state index contributed by atoms with van der Waals surface area (Å²) < 4.78 is 40.7. The Kier molecular flexibility index (Phi) is 6.74. The summed E-state index contributed by atoms with van der Waals surface area (Å²) in [4.78, 5) is 12.2. The number of benzene rings is 3. The van der Waals surface area contributed by atoms with E-state index in [9.17, 15) is 17.6 Å². The van der Waals surface area contributed by atoms with Crippen LogP contribution in [-0.4, -0.2) is 14.3 Å². The van der Waals surface area contributed by atoms with Gasteiger partial charge in [-0.05, 0) is 61.4 Å². The van der Waals surface area contributed by atoms with Crippen molar-refractivity contribution in [1.82, 2.24) is 0 Å². The topological polar surface area (TPSA) is 75.3 Å². The molecule has 0 aliphatic carbocycles. The Labute approximate surface area is 179 Å². The van der Waals surface area contributed by atoms with Crippen molar-refractivity contribution in [3.63, 3.8) is 0 Å². The fraction of sp³-hybridized carbons (Fsp3) is 0.136. The molecule has 0 aliphatic rings. The molecule has 3 rings (SSSR count). The highest BCUT2D eigenvalue weighted by Crippen LogP contribution is 2.20. The van der Waals surface area contributed by atoms with E-state index in [4.69, 9.17) is 11.6 Å². The highest BCUT2D eigenvalue weighted by molar-refractivity contribution is 7.92. The van der Waals surface area contributed by atoms with Gasteiger partial charge in [0.1, 0.15) is 5.82 Å². The quantitative estimate of drug-likeness (QED) is 0.526. The second kappa shape index (κ2) is 9.28. The second-order valence-corrected chi connectivity index (χ2v) is 8.88. The van der Waals surface area contributed by atoms with Gasteiger partial charge >= 0.3 is 0 Å². The molecule has 0 saturated carbocycles. The maximum absolute atomic E-state index is 13.2. The number of hydrogen-bond acceptors (Lipinski definition) is 3. The van der Waals surface area contributed by atoms with Crippen LogP contribution in [0.5, 0.6) is 0 Å². The zero-order chi connectivity index (χ0) is 21.7. The number of carbonyl (C=O) groups is 1. The first-order valence-corrected chi connectivity index (χ1v) is 11.0. The summed E-state index contributed by atoms with van der Waals surface area (Å²) in [5.41, 5.74) is 2.75. The minimum absolute atomic E-state index is 0.0659. The van der Waals surface area contributed by atoms with Crippen molar-refractivity contribution < 1.29 is 17.6 Å². The molecule has 3 aromatic carbocycles. The Morgan fingerprint density at radius 1 is 0.967 bits per heavy atom. The third-order valence-corrected chi connectivity index (χ3v) is 6.07. The number of sulfonamides is 1. The lowest BCUT2D eigenvalue weighted by Crippen LogP contribution is -2.13. The minimum Gasteiger partial charge on any atom is -0.326 e. The van der Waals surface area contributed by atoms with Crippen molar-refractivity contribution >= 4 is 38.9 Å². The lowest BCUT2D eigenvalue weighted by atomic mass is 10.1. The van der Waals surface area contributed by atoms with E-state index in [1.165, 1.54) is 30.3 Å². The molecule has 30 heavy (non-hydrogen) atoms. The molecule has 5 nitrogen and oxygen atoms in total. The second-order valence-electron chi connectivity index (χ2n) is 6.79. The number of aryl methyl sites for hydroxylation is 2. The SMILES string of the molecule is Cc1ccc(NS(=O)(=O)c2ccc(CCC(=O)Nc3ccc(F)c(Cl)c3)cc2)cc1. The summed E-state index contributed by atoms with van der Waals surface area (Å²) in [7, 11) is -3.69. The van der Waals surface area contributed by atoms with Crippen LogP contribution in [-0.2, 0) is 21.2 Å². The molecule has 2 N–H and O–H groups in total. The number of nitrogens with one attached hydrogen (secondary N) is 2. The first kappa shape index (κ1) is 21.8. The van der Waals surface area contributed by atoms with Gasteiger partial charge in [-0.3, -0.25) is 9.52 Å². The van der Waals surface area contributed by atoms with E-state index in [0.717, 1.165) is 11.1 Å². The van der Waals surface area contributed by atoms with Crippen LogP contribution in [0, 0.1) is 12.7 Å². The molecule has 156 valence electrons. The number of hydrogen-bond donors (Lipinski definition) is 2. The number of rotatable bonds is 7. The Morgan fingerprint density at radius 3 is 2.23 bits per heavy atom. The normalized spacial score (nSPS) is 11.2. The summed E-state index contributed by atoms with van der Waals surface area (Å²) in [6.45, 7) is 1.92. The Hall–Kier alpha value is -2.90. The third-order valence-electron chi connectivity index (χ3n) is 4.38. The zero-order valence-corrected chi connectivity index (χ0v) is 17.7.